The van der Waals surface area contributed by atoms with Crippen LogP contribution in [0.4, 0.5) is 0 Å². The highest BCUT2D eigenvalue weighted by molar-refractivity contribution is 7.89. The zero-order valence-corrected chi connectivity index (χ0v) is 13.8. The summed E-state index contributed by atoms with van der Waals surface area (Å²) in [4.78, 5) is 13.5. The van der Waals surface area contributed by atoms with Gasteiger partial charge in [-0.3, -0.25) is 9.69 Å². The maximum Gasteiger partial charge on any atom is 0.234 e. The molecule has 0 aliphatic carbocycles. The summed E-state index contributed by atoms with van der Waals surface area (Å²) in [6.07, 6.45) is 2.93. The number of amides is 1. The molecule has 0 aromatic rings. The van der Waals surface area contributed by atoms with Crippen LogP contribution < -0.4 is 5.32 Å². The minimum absolute atomic E-state index is 0.0617. The van der Waals surface area contributed by atoms with Crippen molar-refractivity contribution in [1.82, 2.24) is 14.5 Å². The molecule has 1 heterocycles. The summed E-state index contributed by atoms with van der Waals surface area (Å²) in [6, 6.07) is 0. The van der Waals surface area contributed by atoms with E-state index in [1.54, 1.807) is 6.08 Å². The normalized spacial score (nSPS) is 17.6. The van der Waals surface area contributed by atoms with Crippen molar-refractivity contribution >= 4 is 27.5 Å². The number of carbonyl (C=O) groups excluding carboxylic acids is 1. The second-order valence-electron chi connectivity index (χ2n) is 4.98. The number of unbranched alkanes of at least 4 members (excludes halogenated alkanes) is 1. The summed E-state index contributed by atoms with van der Waals surface area (Å²) in [6.45, 7) is 6.33. The molecule has 1 aliphatic heterocycles. The van der Waals surface area contributed by atoms with Crippen molar-refractivity contribution in [1.29, 1.82) is 0 Å². The lowest BCUT2D eigenvalue weighted by molar-refractivity contribution is -0.122. The molecule has 0 aromatic heterocycles. The number of sulfonamides is 1. The SMILES string of the molecule is C=CCNC(=O)CN1CCN(S(=O)(=O)CCCCCl)CC1. The molecule has 0 bridgehead atoms. The molecule has 0 unspecified atom stereocenters. The Morgan fingerprint density at radius 1 is 1.24 bits per heavy atom. The lowest BCUT2D eigenvalue weighted by atomic mass is 10.3. The fourth-order valence-electron chi connectivity index (χ4n) is 2.12. The molecular weight excluding hydrogens is 314 g/mol. The van der Waals surface area contributed by atoms with Gasteiger partial charge >= 0.3 is 0 Å². The summed E-state index contributed by atoms with van der Waals surface area (Å²) in [7, 11) is -3.19. The molecule has 0 spiro atoms. The number of rotatable bonds is 9. The molecule has 1 N–H and O–H groups in total. The van der Waals surface area contributed by atoms with Gasteiger partial charge in [-0.25, -0.2) is 8.42 Å². The van der Waals surface area contributed by atoms with Gasteiger partial charge in [-0.1, -0.05) is 6.08 Å². The van der Waals surface area contributed by atoms with Gasteiger partial charge in [0.1, 0.15) is 0 Å². The van der Waals surface area contributed by atoms with E-state index < -0.39 is 10.0 Å². The van der Waals surface area contributed by atoms with Gasteiger partial charge < -0.3 is 5.32 Å². The van der Waals surface area contributed by atoms with Crippen LogP contribution in [-0.2, 0) is 14.8 Å². The molecule has 0 saturated carbocycles. The van der Waals surface area contributed by atoms with Crippen LogP contribution in [0.1, 0.15) is 12.8 Å². The fraction of sp³-hybridized carbons (Fsp3) is 0.769. The van der Waals surface area contributed by atoms with Gasteiger partial charge in [-0.2, -0.15) is 4.31 Å². The molecule has 1 saturated heterocycles. The number of piperazine rings is 1. The Hall–Kier alpha value is -0.630. The predicted molar refractivity (Wildman–Crippen MR) is 85.0 cm³/mol. The van der Waals surface area contributed by atoms with E-state index in [1.165, 1.54) is 4.31 Å². The van der Waals surface area contributed by atoms with Gasteiger partial charge in [0, 0.05) is 38.6 Å². The molecular formula is C13H24ClN3O3S. The van der Waals surface area contributed by atoms with Crippen molar-refractivity contribution in [2.45, 2.75) is 12.8 Å². The molecule has 6 nitrogen and oxygen atoms in total. The van der Waals surface area contributed by atoms with Crippen LogP contribution in [0.3, 0.4) is 0 Å². The molecule has 1 fully saturated rings. The Bertz CT molecular complexity index is 434. The third-order valence-electron chi connectivity index (χ3n) is 3.32. The largest absolute Gasteiger partial charge is 0.352 e. The predicted octanol–water partition coefficient (Wildman–Crippen LogP) is 0.255. The molecule has 1 amide bonds. The summed E-state index contributed by atoms with van der Waals surface area (Å²) in [5.41, 5.74) is 0. The Morgan fingerprint density at radius 2 is 1.90 bits per heavy atom. The first-order valence-corrected chi connectivity index (χ1v) is 9.27. The Labute approximate surface area is 132 Å². The summed E-state index contributed by atoms with van der Waals surface area (Å²) in [5.74, 6) is 0.580. The molecule has 8 heteroatoms. The van der Waals surface area contributed by atoms with Gasteiger partial charge in [0.15, 0.2) is 0 Å². The summed E-state index contributed by atoms with van der Waals surface area (Å²) < 4.78 is 25.7. The summed E-state index contributed by atoms with van der Waals surface area (Å²) in [5, 5.41) is 2.71. The van der Waals surface area contributed by atoms with E-state index in [2.05, 4.69) is 11.9 Å². The van der Waals surface area contributed by atoms with Crippen LogP contribution in [0.25, 0.3) is 0 Å². The van der Waals surface area contributed by atoms with E-state index >= 15 is 0 Å². The lowest BCUT2D eigenvalue weighted by Gasteiger charge is -2.33. The standard InChI is InChI=1S/C13H24ClN3O3S/c1-2-6-15-13(18)12-16-7-9-17(10-8-16)21(19,20)11-4-3-5-14/h2H,1,3-12H2,(H,15,18). The quantitative estimate of drug-likeness (QED) is 0.372. The highest BCUT2D eigenvalue weighted by Crippen LogP contribution is 2.10. The van der Waals surface area contributed by atoms with Crippen LogP contribution in [-0.4, -0.2) is 74.4 Å². The Morgan fingerprint density at radius 3 is 2.48 bits per heavy atom. The van der Waals surface area contributed by atoms with E-state index in [0.29, 0.717) is 58.0 Å². The monoisotopic (exact) mass is 337 g/mol. The molecule has 0 atom stereocenters. The number of nitrogens with one attached hydrogen (secondary N) is 1. The molecule has 122 valence electrons. The average Bonchev–Trinajstić information content (AvgIpc) is 2.46. The molecule has 1 aliphatic rings. The molecule has 0 aromatic carbocycles. The van der Waals surface area contributed by atoms with Crippen LogP contribution in [0.2, 0.25) is 0 Å². The molecule has 1 rings (SSSR count). The van der Waals surface area contributed by atoms with Gasteiger partial charge in [0.05, 0.1) is 12.3 Å². The number of alkyl halides is 1. The maximum absolute atomic E-state index is 12.1. The second-order valence-corrected chi connectivity index (χ2v) is 7.45. The Kier molecular flexibility index (Phi) is 8.24. The first kappa shape index (κ1) is 18.4. The molecule has 0 radical (unpaired) electrons. The van der Waals surface area contributed by atoms with E-state index in [0.717, 1.165) is 0 Å². The number of halogens is 1. The van der Waals surface area contributed by atoms with E-state index in [-0.39, 0.29) is 11.7 Å². The Balaban J connectivity index is 2.34. The van der Waals surface area contributed by atoms with E-state index in [4.69, 9.17) is 11.6 Å². The van der Waals surface area contributed by atoms with Crippen molar-refractivity contribution in [3.63, 3.8) is 0 Å². The van der Waals surface area contributed by atoms with Crippen LogP contribution in [0.15, 0.2) is 12.7 Å². The first-order valence-electron chi connectivity index (χ1n) is 7.13. The highest BCUT2D eigenvalue weighted by Gasteiger charge is 2.26. The van der Waals surface area contributed by atoms with Crippen molar-refractivity contribution in [3.8, 4) is 0 Å². The maximum atomic E-state index is 12.1. The minimum Gasteiger partial charge on any atom is -0.352 e. The van der Waals surface area contributed by atoms with Crippen LogP contribution in [0, 0.1) is 0 Å². The summed E-state index contributed by atoms with van der Waals surface area (Å²) >= 11 is 5.56. The van der Waals surface area contributed by atoms with Gasteiger partial charge in [-0.15, -0.1) is 18.2 Å². The van der Waals surface area contributed by atoms with Crippen molar-refractivity contribution < 1.29 is 13.2 Å². The number of hydrogen-bond acceptors (Lipinski definition) is 4. The topological polar surface area (TPSA) is 69.7 Å². The third kappa shape index (κ3) is 6.78. The van der Waals surface area contributed by atoms with Crippen molar-refractivity contribution in [2.24, 2.45) is 0 Å². The first-order chi connectivity index (χ1) is 9.99. The minimum atomic E-state index is -3.19. The number of carbonyl (C=O) groups is 1. The lowest BCUT2D eigenvalue weighted by Crippen LogP contribution is -2.51. The van der Waals surface area contributed by atoms with E-state index in [1.807, 2.05) is 4.90 Å². The zero-order valence-electron chi connectivity index (χ0n) is 12.3. The second kappa shape index (κ2) is 9.40. The molecule has 21 heavy (non-hydrogen) atoms. The average molecular weight is 338 g/mol. The van der Waals surface area contributed by atoms with Crippen LogP contribution >= 0.6 is 11.6 Å². The van der Waals surface area contributed by atoms with E-state index in [9.17, 15) is 13.2 Å². The van der Waals surface area contributed by atoms with Crippen LogP contribution in [0.5, 0.6) is 0 Å². The van der Waals surface area contributed by atoms with Gasteiger partial charge in [-0.05, 0) is 12.8 Å². The third-order valence-corrected chi connectivity index (χ3v) is 5.55. The fourth-order valence-corrected chi connectivity index (χ4v) is 3.85. The van der Waals surface area contributed by atoms with Gasteiger partial charge in [0.2, 0.25) is 15.9 Å². The number of hydrogen-bond donors (Lipinski definition) is 1. The zero-order chi connectivity index (χ0) is 15.7. The smallest absolute Gasteiger partial charge is 0.234 e. The highest BCUT2D eigenvalue weighted by atomic mass is 35.5. The van der Waals surface area contributed by atoms with Gasteiger partial charge in [0.25, 0.3) is 0 Å². The number of nitrogens with zero attached hydrogens (tertiary/aromatic N) is 2. The van der Waals surface area contributed by atoms with Crippen molar-refractivity contribution in [3.05, 3.63) is 12.7 Å². The van der Waals surface area contributed by atoms with Crippen molar-refractivity contribution in [2.75, 3.05) is 50.9 Å².